The number of hydrogen-bond acceptors (Lipinski definition) is 4. The van der Waals surface area contributed by atoms with Gasteiger partial charge >= 0.3 is 6.18 Å². The summed E-state index contributed by atoms with van der Waals surface area (Å²) in [5, 5.41) is 2.40. The summed E-state index contributed by atoms with van der Waals surface area (Å²) in [6.45, 7) is 4.19. The van der Waals surface area contributed by atoms with Gasteiger partial charge in [-0.25, -0.2) is 4.99 Å². The zero-order chi connectivity index (χ0) is 18.2. The first-order chi connectivity index (χ1) is 11.3. The maximum atomic E-state index is 12.7. The summed E-state index contributed by atoms with van der Waals surface area (Å²) in [6.07, 6.45) is -3.80. The van der Waals surface area contributed by atoms with Crippen molar-refractivity contribution in [2.75, 3.05) is 20.3 Å². The molecule has 5 nitrogen and oxygen atoms in total. The maximum absolute atomic E-state index is 12.7. The molecule has 0 saturated heterocycles. The number of aliphatic imine (C=N–C) groups is 1. The molecule has 0 heterocycles. The Morgan fingerprint density at radius 3 is 2.62 bits per heavy atom. The lowest BCUT2D eigenvalue weighted by atomic mass is 10.1. The second kappa shape index (κ2) is 9.27. The molecule has 0 bridgehead atoms. The molecular weight excluding hydrogens is 325 g/mol. The summed E-state index contributed by atoms with van der Waals surface area (Å²) < 4.78 is 48.3. The van der Waals surface area contributed by atoms with E-state index >= 15 is 0 Å². The van der Waals surface area contributed by atoms with Crippen LogP contribution in [0.3, 0.4) is 0 Å². The number of nitrogens with zero attached hydrogens (tertiary/aromatic N) is 1. The zero-order valence-corrected chi connectivity index (χ0v) is 13.8. The van der Waals surface area contributed by atoms with Gasteiger partial charge in [0.1, 0.15) is 6.61 Å². The topological polar surface area (TPSA) is 59.9 Å². The van der Waals surface area contributed by atoms with E-state index in [0.717, 1.165) is 18.6 Å². The first-order valence-electron chi connectivity index (χ1n) is 7.46. The molecule has 24 heavy (non-hydrogen) atoms. The highest BCUT2D eigenvalue weighted by molar-refractivity contribution is 6.04. The third-order valence-corrected chi connectivity index (χ3v) is 3.13. The standard InChI is InChI=1S/C16H21F3N2O3/c1-4-11(2)20-15(24-9-8-23-3)21-14(22)12-6-5-7-13(10-12)16(17,18)19/h5-7,10-11H,4,8-9H2,1-3H3,(H,20,21,22)/t11-/m0/s1. The Hall–Kier alpha value is -2.09. The molecule has 1 aromatic carbocycles. The number of rotatable bonds is 6. The fourth-order valence-corrected chi connectivity index (χ4v) is 1.62. The largest absolute Gasteiger partial charge is 0.463 e. The zero-order valence-electron chi connectivity index (χ0n) is 13.8. The Morgan fingerprint density at radius 2 is 2.04 bits per heavy atom. The average Bonchev–Trinajstić information content (AvgIpc) is 2.54. The van der Waals surface area contributed by atoms with Gasteiger partial charge in [-0.05, 0) is 31.5 Å². The second-order valence-electron chi connectivity index (χ2n) is 5.07. The van der Waals surface area contributed by atoms with Crippen molar-refractivity contribution in [2.24, 2.45) is 4.99 Å². The summed E-state index contributed by atoms with van der Waals surface area (Å²) in [6, 6.07) is 4.01. The predicted octanol–water partition coefficient (Wildman–Crippen LogP) is 3.25. The molecule has 0 aromatic heterocycles. The number of amides is 1. The van der Waals surface area contributed by atoms with Gasteiger partial charge in [0.2, 0.25) is 0 Å². The smallest absolute Gasteiger partial charge is 0.416 e. The van der Waals surface area contributed by atoms with Gasteiger partial charge in [0.05, 0.1) is 18.2 Å². The summed E-state index contributed by atoms with van der Waals surface area (Å²) in [4.78, 5) is 16.4. The van der Waals surface area contributed by atoms with E-state index in [1.54, 1.807) is 0 Å². The normalized spacial score (nSPS) is 13.5. The van der Waals surface area contributed by atoms with Crippen molar-refractivity contribution in [2.45, 2.75) is 32.5 Å². The van der Waals surface area contributed by atoms with Crippen molar-refractivity contribution >= 4 is 11.9 Å². The first kappa shape index (κ1) is 20.0. The van der Waals surface area contributed by atoms with Crippen LogP contribution in [-0.2, 0) is 15.7 Å². The summed E-state index contributed by atoms with van der Waals surface area (Å²) in [5.74, 6) is -0.722. The van der Waals surface area contributed by atoms with E-state index in [1.165, 1.54) is 19.2 Å². The molecule has 0 fully saturated rings. The first-order valence-corrected chi connectivity index (χ1v) is 7.46. The van der Waals surface area contributed by atoms with Gasteiger partial charge in [-0.1, -0.05) is 13.0 Å². The van der Waals surface area contributed by atoms with Crippen LogP contribution in [0, 0.1) is 0 Å². The highest BCUT2D eigenvalue weighted by Gasteiger charge is 2.31. The Kier molecular flexibility index (Phi) is 7.70. The van der Waals surface area contributed by atoms with Crippen LogP contribution in [0.4, 0.5) is 13.2 Å². The molecule has 1 amide bonds. The number of methoxy groups -OCH3 is 1. The van der Waals surface area contributed by atoms with E-state index in [0.29, 0.717) is 6.61 Å². The van der Waals surface area contributed by atoms with Crippen molar-refractivity contribution < 1.29 is 27.4 Å². The quantitative estimate of drug-likeness (QED) is 0.489. The molecular formula is C16H21F3N2O3. The molecule has 8 heteroatoms. The van der Waals surface area contributed by atoms with Crippen LogP contribution >= 0.6 is 0 Å². The Morgan fingerprint density at radius 1 is 1.33 bits per heavy atom. The number of amidine groups is 1. The van der Waals surface area contributed by atoms with Crippen LogP contribution < -0.4 is 5.32 Å². The number of halogens is 3. The van der Waals surface area contributed by atoms with Gasteiger partial charge in [-0.3, -0.25) is 10.1 Å². The molecule has 134 valence electrons. The van der Waals surface area contributed by atoms with Gasteiger partial charge < -0.3 is 9.47 Å². The molecule has 0 aliphatic rings. The molecule has 0 aliphatic carbocycles. The van der Waals surface area contributed by atoms with E-state index in [2.05, 4.69) is 10.3 Å². The van der Waals surface area contributed by atoms with Crippen LogP contribution in [0.2, 0.25) is 0 Å². The number of alkyl halides is 3. The lowest BCUT2D eigenvalue weighted by molar-refractivity contribution is -0.137. The predicted molar refractivity (Wildman–Crippen MR) is 83.9 cm³/mol. The van der Waals surface area contributed by atoms with E-state index in [9.17, 15) is 18.0 Å². The van der Waals surface area contributed by atoms with E-state index in [1.807, 2.05) is 13.8 Å². The minimum absolute atomic E-state index is 0.0381. The third kappa shape index (κ3) is 6.57. The molecule has 1 atom stereocenters. The molecule has 1 aromatic rings. The highest BCUT2D eigenvalue weighted by atomic mass is 19.4. The lowest BCUT2D eigenvalue weighted by Gasteiger charge is -2.13. The lowest BCUT2D eigenvalue weighted by Crippen LogP contribution is -2.34. The number of carbonyl (C=O) groups excluding carboxylic acids is 1. The number of ether oxygens (including phenoxy) is 2. The Labute approximate surface area is 138 Å². The SMILES string of the molecule is CC[C@H](C)N=C(NC(=O)c1cccc(C(F)(F)F)c1)OCCOC. The van der Waals surface area contributed by atoms with Gasteiger partial charge in [0, 0.05) is 12.7 Å². The van der Waals surface area contributed by atoms with Crippen molar-refractivity contribution in [1.82, 2.24) is 5.32 Å². The Bertz CT molecular complexity index is 574. The summed E-state index contributed by atoms with van der Waals surface area (Å²) >= 11 is 0. The van der Waals surface area contributed by atoms with Crippen molar-refractivity contribution in [3.63, 3.8) is 0 Å². The number of carbonyl (C=O) groups is 1. The molecule has 0 unspecified atom stereocenters. The number of hydrogen-bond donors (Lipinski definition) is 1. The minimum Gasteiger partial charge on any atom is -0.463 e. The average molecular weight is 346 g/mol. The van der Waals surface area contributed by atoms with E-state index < -0.39 is 17.6 Å². The van der Waals surface area contributed by atoms with Crippen molar-refractivity contribution in [3.8, 4) is 0 Å². The molecule has 1 N–H and O–H groups in total. The van der Waals surface area contributed by atoms with Crippen LogP contribution in [0.15, 0.2) is 29.3 Å². The van der Waals surface area contributed by atoms with Crippen LogP contribution in [0.25, 0.3) is 0 Å². The fraction of sp³-hybridized carbons (Fsp3) is 0.500. The van der Waals surface area contributed by atoms with Gasteiger partial charge in [-0.15, -0.1) is 0 Å². The molecule has 0 aliphatic heterocycles. The second-order valence-corrected chi connectivity index (χ2v) is 5.07. The molecule has 1 rings (SSSR count). The van der Waals surface area contributed by atoms with E-state index in [-0.39, 0.29) is 24.2 Å². The van der Waals surface area contributed by atoms with E-state index in [4.69, 9.17) is 9.47 Å². The van der Waals surface area contributed by atoms with Crippen molar-refractivity contribution in [1.29, 1.82) is 0 Å². The van der Waals surface area contributed by atoms with Crippen LogP contribution in [0.5, 0.6) is 0 Å². The fourth-order valence-electron chi connectivity index (χ4n) is 1.62. The summed E-state index contributed by atoms with van der Waals surface area (Å²) in [7, 11) is 1.50. The van der Waals surface area contributed by atoms with Gasteiger partial charge in [0.25, 0.3) is 11.9 Å². The third-order valence-electron chi connectivity index (χ3n) is 3.13. The highest BCUT2D eigenvalue weighted by Crippen LogP contribution is 2.29. The number of benzene rings is 1. The number of nitrogens with one attached hydrogen (secondary N) is 1. The summed E-state index contributed by atoms with van der Waals surface area (Å²) in [5.41, 5.74) is -1.02. The monoisotopic (exact) mass is 346 g/mol. The van der Waals surface area contributed by atoms with Crippen LogP contribution in [-0.4, -0.2) is 38.3 Å². The molecule has 0 spiro atoms. The molecule has 0 saturated carbocycles. The van der Waals surface area contributed by atoms with Gasteiger partial charge in [0.15, 0.2) is 0 Å². The molecule has 0 radical (unpaired) electrons. The van der Waals surface area contributed by atoms with Crippen molar-refractivity contribution in [3.05, 3.63) is 35.4 Å². The minimum atomic E-state index is -4.51. The van der Waals surface area contributed by atoms with Crippen LogP contribution in [0.1, 0.15) is 36.2 Å². The van der Waals surface area contributed by atoms with Gasteiger partial charge in [-0.2, -0.15) is 13.2 Å². The maximum Gasteiger partial charge on any atom is 0.416 e. The Balaban J connectivity index is 2.89.